The summed E-state index contributed by atoms with van der Waals surface area (Å²) in [5.41, 5.74) is 7.42. The van der Waals surface area contributed by atoms with Crippen LogP contribution in [0.3, 0.4) is 0 Å². The Bertz CT molecular complexity index is 532. The van der Waals surface area contributed by atoms with Gasteiger partial charge in [0.25, 0.3) is 0 Å². The molecular weight excluding hydrogens is 295 g/mol. The molecular formula is C17H17Zr-. The van der Waals surface area contributed by atoms with Crippen molar-refractivity contribution in [2.45, 2.75) is 26.2 Å². The van der Waals surface area contributed by atoms with Gasteiger partial charge in [-0.3, -0.25) is 0 Å². The first-order chi connectivity index (χ1) is 8.38. The molecule has 1 heteroatoms. The molecule has 0 heterocycles. The van der Waals surface area contributed by atoms with Gasteiger partial charge >= 0.3 is 0 Å². The average molecular weight is 313 g/mol. The maximum absolute atomic E-state index is 2.36. The summed E-state index contributed by atoms with van der Waals surface area (Å²) < 4.78 is 0. The second-order valence-electron chi connectivity index (χ2n) is 4.78. The van der Waals surface area contributed by atoms with Crippen molar-refractivity contribution in [2.24, 2.45) is 0 Å². The first-order valence-electron chi connectivity index (χ1n) is 6.33. The molecule has 0 aromatic heterocycles. The number of hydrogen-bond acceptors (Lipinski definition) is 0. The van der Waals surface area contributed by atoms with Crippen LogP contribution in [-0.2, 0) is 32.6 Å². The molecule has 0 atom stereocenters. The van der Waals surface area contributed by atoms with Gasteiger partial charge < -0.3 is 6.42 Å². The maximum Gasteiger partial charge on any atom is 0 e. The molecule has 0 fully saturated rings. The van der Waals surface area contributed by atoms with E-state index in [1.54, 1.807) is 5.57 Å². The van der Waals surface area contributed by atoms with Gasteiger partial charge in [-0.1, -0.05) is 48.1 Å². The number of fused-ring (bicyclic) bond motifs is 1. The summed E-state index contributed by atoms with van der Waals surface area (Å²) in [6.45, 7) is 2.14. The summed E-state index contributed by atoms with van der Waals surface area (Å²) in [6, 6.07) is 8.71. The Labute approximate surface area is 129 Å². The average Bonchev–Trinajstić information content (AvgIpc) is 2.94. The molecule has 0 radical (unpaired) electrons. The molecule has 1 aromatic rings. The molecule has 3 rings (SSSR count). The van der Waals surface area contributed by atoms with Crippen LogP contribution in [0.25, 0.3) is 6.08 Å². The van der Waals surface area contributed by atoms with E-state index < -0.39 is 0 Å². The van der Waals surface area contributed by atoms with E-state index in [-0.39, 0.29) is 26.2 Å². The molecule has 0 saturated heterocycles. The van der Waals surface area contributed by atoms with Crippen LogP contribution in [0, 0.1) is 6.42 Å². The molecule has 2 aliphatic carbocycles. The summed E-state index contributed by atoms with van der Waals surface area (Å²) in [4.78, 5) is 0. The molecule has 0 unspecified atom stereocenters. The van der Waals surface area contributed by atoms with Crippen molar-refractivity contribution in [3.8, 4) is 0 Å². The van der Waals surface area contributed by atoms with Gasteiger partial charge in [0.2, 0.25) is 0 Å². The Balaban J connectivity index is 0.00000120. The van der Waals surface area contributed by atoms with Crippen molar-refractivity contribution < 1.29 is 26.2 Å². The van der Waals surface area contributed by atoms with Gasteiger partial charge in [-0.2, -0.15) is 13.3 Å². The zero-order valence-corrected chi connectivity index (χ0v) is 13.2. The monoisotopic (exact) mass is 311 g/mol. The zero-order valence-electron chi connectivity index (χ0n) is 10.7. The van der Waals surface area contributed by atoms with E-state index in [0.717, 1.165) is 19.3 Å². The minimum absolute atomic E-state index is 0. The zero-order chi connectivity index (χ0) is 11.7. The summed E-state index contributed by atoms with van der Waals surface area (Å²) in [7, 11) is 0. The van der Waals surface area contributed by atoms with E-state index in [1.165, 1.54) is 22.3 Å². The van der Waals surface area contributed by atoms with Gasteiger partial charge in [0.1, 0.15) is 0 Å². The fourth-order valence-electron chi connectivity index (χ4n) is 2.77. The van der Waals surface area contributed by atoms with Crippen LogP contribution >= 0.6 is 0 Å². The third-order valence-corrected chi connectivity index (χ3v) is 3.59. The van der Waals surface area contributed by atoms with Crippen LogP contribution in [0.1, 0.15) is 30.9 Å². The van der Waals surface area contributed by atoms with Crippen LogP contribution in [0.4, 0.5) is 0 Å². The standard InChI is InChI=1S/C17H17.Zr/c1-2-6-13-9-5-10-17(13)16-11-14-7-3-4-8-15(14)12-16;/h2-5,7-8,10-11H,6,9,12H2,1H3;/q-1;. The molecule has 1 aromatic carbocycles. The number of allylic oxidation sites excluding steroid dienone is 5. The number of rotatable bonds is 3. The van der Waals surface area contributed by atoms with Gasteiger partial charge in [0.05, 0.1) is 0 Å². The largest absolute Gasteiger partial charge is 0.328 e. The smallest absolute Gasteiger partial charge is 0 e. The second-order valence-corrected chi connectivity index (χ2v) is 4.78. The molecule has 0 nitrogen and oxygen atoms in total. The van der Waals surface area contributed by atoms with Gasteiger partial charge in [0.15, 0.2) is 0 Å². The maximum atomic E-state index is 2.36. The molecule has 18 heavy (non-hydrogen) atoms. The molecule has 0 saturated carbocycles. The Morgan fingerprint density at radius 3 is 2.83 bits per heavy atom. The Kier molecular flexibility index (Phi) is 4.56. The van der Waals surface area contributed by atoms with E-state index in [2.05, 4.69) is 55.8 Å². The van der Waals surface area contributed by atoms with Crippen molar-refractivity contribution in [1.82, 2.24) is 0 Å². The minimum atomic E-state index is 0. The van der Waals surface area contributed by atoms with Crippen molar-refractivity contribution in [3.63, 3.8) is 0 Å². The first kappa shape index (κ1) is 13.7. The van der Waals surface area contributed by atoms with Gasteiger partial charge in [-0.25, -0.2) is 0 Å². The van der Waals surface area contributed by atoms with Crippen LogP contribution in [0.15, 0.2) is 53.1 Å². The molecule has 0 spiro atoms. The normalized spacial score (nSPS) is 16.6. The minimum Gasteiger partial charge on any atom is -0.328 e. The van der Waals surface area contributed by atoms with E-state index >= 15 is 0 Å². The predicted molar refractivity (Wildman–Crippen MR) is 73.5 cm³/mol. The third kappa shape index (κ3) is 2.52. The van der Waals surface area contributed by atoms with E-state index in [9.17, 15) is 0 Å². The van der Waals surface area contributed by atoms with Crippen molar-refractivity contribution in [3.05, 3.63) is 70.7 Å². The Morgan fingerprint density at radius 1 is 1.22 bits per heavy atom. The van der Waals surface area contributed by atoms with Crippen LogP contribution in [0.5, 0.6) is 0 Å². The summed E-state index contributed by atoms with van der Waals surface area (Å²) in [5.74, 6) is 0. The summed E-state index contributed by atoms with van der Waals surface area (Å²) >= 11 is 0. The van der Waals surface area contributed by atoms with Crippen molar-refractivity contribution in [2.75, 3.05) is 0 Å². The van der Waals surface area contributed by atoms with E-state index in [0.29, 0.717) is 0 Å². The fraction of sp³-hybridized carbons (Fsp3) is 0.235. The quantitative estimate of drug-likeness (QED) is 0.721. The van der Waals surface area contributed by atoms with Crippen LogP contribution < -0.4 is 0 Å². The number of hydrogen-bond donors (Lipinski definition) is 0. The van der Waals surface area contributed by atoms with E-state index in [4.69, 9.17) is 0 Å². The van der Waals surface area contributed by atoms with Gasteiger partial charge in [-0.15, -0.1) is 0 Å². The molecule has 0 aliphatic heterocycles. The molecule has 2 aliphatic rings. The third-order valence-electron chi connectivity index (χ3n) is 3.59. The molecule has 0 amide bonds. The second kappa shape index (κ2) is 5.98. The predicted octanol–water partition coefficient (Wildman–Crippen LogP) is 4.49. The van der Waals surface area contributed by atoms with Crippen LogP contribution in [0.2, 0.25) is 0 Å². The van der Waals surface area contributed by atoms with Crippen LogP contribution in [-0.4, -0.2) is 0 Å². The number of benzene rings is 1. The van der Waals surface area contributed by atoms with Crippen molar-refractivity contribution >= 4 is 6.08 Å². The van der Waals surface area contributed by atoms with E-state index in [1.807, 2.05) is 0 Å². The summed E-state index contributed by atoms with van der Waals surface area (Å²) in [6.07, 6.45) is 12.6. The Hall–Kier alpha value is -0.677. The SMILES string of the molecule is C[CH-]CC1=C(C2=Cc3ccccc3C2)C=CC1.[Zr]. The molecule has 0 N–H and O–H groups in total. The Morgan fingerprint density at radius 2 is 2.06 bits per heavy atom. The van der Waals surface area contributed by atoms with Gasteiger partial charge in [0, 0.05) is 26.2 Å². The first-order valence-corrected chi connectivity index (χ1v) is 6.33. The summed E-state index contributed by atoms with van der Waals surface area (Å²) in [5, 5.41) is 0. The molecule has 90 valence electrons. The van der Waals surface area contributed by atoms with Crippen molar-refractivity contribution in [1.29, 1.82) is 0 Å². The fourth-order valence-corrected chi connectivity index (χ4v) is 2.77. The molecule has 0 bridgehead atoms. The topological polar surface area (TPSA) is 0 Å². The van der Waals surface area contributed by atoms with Gasteiger partial charge in [-0.05, 0) is 35.1 Å².